The summed E-state index contributed by atoms with van der Waals surface area (Å²) in [5, 5.41) is 0. The van der Waals surface area contributed by atoms with Gasteiger partial charge in [0.1, 0.15) is 30.5 Å². The minimum atomic E-state index is -0.102. The average Bonchev–Trinajstić information content (AvgIpc) is 3.38. The van der Waals surface area contributed by atoms with E-state index in [-0.39, 0.29) is 5.91 Å². The molecule has 0 saturated heterocycles. The van der Waals surface area contributed by atoms with Crippen molar-refractivity contribution in [2.45, 2.75) is 58.9 Å². The molecule has 0 bridgehead atoms. The number of carbonyl (C=O) groups excluding carboxylic acids is 1. The first-order valence-corrected chi connectivity index (χ1v) is 16.5. The molecular weight excluding hydrogens is 586 g/mol. The van der Waals surface area contributed by atoms with Crippen LogP contribution < -0.4 is 14.2 Å². The Balaban J connectivity index is 1.20. The van der Waals surface area contributed by atoms with Gasteiger partial charge in [-0.1, -0.05) is 91.0 Å². The van der Waals surface area contributed by atoms with Crippen LogP contribution in [0.5, 0.6) is 17.2 Å². The van der Waals surface area contributed by atoms with E-state index in [1.807, 2.05) is 96.8 Å². The van der Waals surface area contributed by atoms with Crippen molar-refractivity contribution >= 4 is 11.5 Å². The van der Waals surface area contributed by atoms with Crippen LogP contribution in [-0.2, 0) is 31.0 Å². The van der Waals surface area contributed by atoms with Crippen LogP contribution in [0.2, 0.25) is 0 Å². The number of rotatable bonds is 13. The topological polar surface area (TPSA) is 57.2 Å². The van der Waals surface area contributed by atoms with Gasteiger partial charge in [0.05, 0.1) is 31.9 Å². The number of nitrogens with zero attached hydrogens (tertiary/aromatic N) is 1. The molecule has 4 aromatic carbocycles. The molecule has 6 nitrogen and oxygen atoms in total. The lowest BCUT2D eigenvalue weighted by Gasteiger charge is -2.21. The van der Waals surface area contributed by atoms with Gasteiger partial charge in [0.15, 0.2) is 0 Å². The minimum Gasteiger partial charge on any atom is -0.493 e. The summed E-state index contributed by atoms with van der Waals surface area (Å²) >= 11 is 0. The number of fused-ring (bicyclic) bond motifs is 1. The lowest BCUT2D eigenvalue weighted by atomic mass is 10.0. The van der Waals surface area contributed by atoms with Gasteiger partial charge in [-0.15, -0.1) is 0 Å². The van der Waals surface area contributed by atoms with Gasteiger partial charge in [-0.05, 0) is 67.0 Å². The van der Waals surface area contributed by atoms with E-state index in [1.54, 1.807) is 0 Å². The fraction of sp³-hybridized carbons (Fsp3) is 0.293. The van der Waals surface area contributed by atoms with Crippen LogP contribution in [0.25, 0.3) is 5.57 Å². The van der Waals surface area contributed by atoms with Gasteiger partial charge in [0.25, 0.3) is 5.91 Å². The lowest BCUT2D eigenvalue weighted by Crippen LogP contribution is -2.26. The summed E-state index contributed by atoms with van der Waals surface area (Å²) in [6.45, 7) is 10.1. The summed E-state index contributed by atoms with van der Waals surface area (Å²) in [7, 11) is 0. The third-order valence-electron chi connectivity index (χ3n) is 8.64. The molecule has 2 heterocycles. The Labute approximate surface area is 278 Å². The van der Waals surface area contributed by atoms with Gasteiger partial charge < -0.3 is 23.8 Å². The molecule has 0 saturated carbocycles. The smallest absolute Gasteiger partial charge is 0.258 e. The Morgan fingerprint density at radius 3 is 2.19 bits per heavy atom. The number of carbonyl (C=O) groups is 1. The highest BCUT2D eigenvalue weighted by molar-refractivity contribution is 5.98. The van der Waals surface area contributed by atoms with Crippen LogP contribution in [-0.4, -0.2) is 30.6 Å². The van der Waals surface area contributed by atoms with Crippen LogP contribution in [0.3, 0.4) is 0 Å². The van der Waals surface area contributed by atoms with E-state index in [1.165, 1.54) is 5.57 Å². The van der Waals surface area contributed by atoms with E-state index in [9.17, 15) is 4.79 Å². The molecular formula is C41H43NO5. The molecule has 2 aliphatic heterocycles. The highest BCUT2D eigenvalue weighted by Gasteiger charge is 2.30. The average molecular weight is 630 g/mol. The van der Waals surface area contributed by atoms with E-state index in [2.05, 4.69) is 18.7 Å². The van der Waals surface area contributed by atoms with E-state index < -0.39 is 0 Å². The Hall–Kier alpha value is -4.81. The molecule has 0 atom stereocenters. The zero-order valence-electron chi connectivity index (χ0n) is 27.2. The van der Waals surface area contributed by atoms with Gasteiger partial charge >= 0.3 is 0 Å². The van der Waals surface area contributed by atoms with Gasteiger partial charge in [0.2, 0.25) is 0 Å². The van der Waals surface area contributed by atoms with Crippen molar-refractivity contribution in [2.75, 3.05) is 19.8 Å². The number of benzene rings is 4. The number of hydrogen-bond donors (Lipinski definition) is 0. The van der Waals surface area contributed by atoms with Gasteiger partial charge in [-0.25, -0.2) is 0 Å². The third-order valence-corrected chi connectivity index (χ3v) is 8.64. The highest BCUT2D eigenvalue weighted by atomic mass is 16.5. The maximum atomic E-state index is 14.3. The maximum absolute atomic E-state index is 14.3. The van der Waals surface area contributed by atoms with E-state index >= 15 is 0 Å². The Morgan fingerprint density at radius 2 is 1.49 bits per heavy atom. The molecule has 242 valence electrons. The van der Waals surface area contributed by atoms with E-state index in [4.69, 9.17) is 18.9 Å². The Morgan fingerprint density at radius 1 is 0.787 bits per heavy atom. The number of amides is 1. The second-order valence-electron chi connectivity index (χ2n) is 12.2. The first kappa shape index (κ1) is 32.1. The van der Waals surface area contributed by atoms with Crippen molar-refractivity contribution in [2.24, 2.45) is 0 Å². The summed E-state index contributed by atoms with van der Waals surface area (Å²) < 4.78 is 24.5. The predicted octanol–water partition coefficient (Wildman–Crippen LogP) is 8.93. The molecule has 1 amide bonds. The quantitative estimate of drug-likeness (QED) is 0.109. The standard InChI is InChI=1S/C41H43NO5/c1-30(2)35-24-36(40(47-29-33-14-7-4-8-15-33)25-39(35)46-28-32-12-5-3-6-13-32)41(43)42-26-34-18-9-19-38(37(34)27-42)45-22-11-17-31-16-10-21-44-23-20-31/h3-9,12-16,18-19,24-25H,1,10-11,17,20-23,26-29H2,2H3. The summed E-state index contributed by atoms with van der Waals surface area (Å²) in [6.07, 6.45) is 6.27. The maximum Gasteiger partial charge on any atom is 0.258 e. The molecule has 2 aliphatic rings. The highest BCUT2D eigenvalue weighted by Crippen LogP contribution is 2.37. The van der Waals surface area contributed by atoms with Crippen molar-refractivity contribution in [3.8, 4) is 17.2 Å². The number of allylic oxidation sites excluding steroid dienone is 1. The zero-order chi connectivity index (χ0) is 32.4. The normalized spacial score (nSPS) is 14.1. The van der Waals surface area contributed by atoms with Crippen LogP contribution in [0.15, 0.2) is 109 Å². The largest absolute Gasteiger partial charge is 0.493 e. The number of hydrogen-bond acceptors (Lipinski definition) is 5. The Bertz CT molecular complexity index is 1710. The molecule has 6 heteroatoms. The van der Waals surface area contributed by atoms with Crippen LogP contribution >= 0.6 is 0 Å². The molecule has 0 N–H and O–H groups in total. The molecule has 4 aromatic rings. The van der Waals surface area contributed by atoms with Crippen molar-refractivity contribution in [3.05, 3.63) is 143 Å². The summed E-state index contributed by atoms with van der Waals surface area (Å²) in [4.78, 5) is 16.2. The SMILES string of the molecule is C=C(C)c1cc(C(=O)N2Cc3cccc(OCCCC4=CCCOCC4)c3C2)c(OCc2ccccc2)cc1OCc1ccccc1. The second-order valence-corrected chi connectivity index (χ2v) is 12.2. The first-order chi connectivity index (χ1) is 23.0. The zero-order valence-corrected chi connectivity index (χ0v) is 27.2. The predicted molar refractivity (Wildman–Crippen MR) is 186 cm³/mol. The van der Waals surface area contributed by atoms with Gasteiger partial charge in [0, 0.05) is 23.7 Å². The molecule has 47 heavy (non-hydrogen) atoms. The molecule has 0 radical (unpaired) electrons. The van der Waals surface area contributed by atoms with E-state index in [0.29, 0.717) is 50.0 Å². The molecule has 0 fully saturated rings. The molecule has 0 aliphatic carbocycles. The number of ether oxygens (including phenoxy) is 4. The first-order valence-electron chi connectivity index (χ1n) is 16.5. The fourth-order valence-electron chi connectivity index (χ4n) is 6.07. The summed E-state index contributed by atoms with van der Waals surface area (Å²) in [5.41, 5.74) is 7.78. The van der Waals surface area contributed by atoms with Crippen molar-refractivity contribution < 1.29 is 23.7 Å². The van der Waals surface area contributed by atoms with Crippen molar-refractivity contribution in [3.63, 3.8) is 0 Å². The molecule has 0 aromatic heterocycles. The molecule has 6 rings (SSSR count). The van der Waals surface area contributed by atoms with E-state index in [0.717, 1.165) is 78.0 Å². The van der Waals surface area contributed by atoms with Crippen molar-refractivity contribution in [1.29, 1.82) is 0 Å². The Kier molecular flexibility index (Phi) is 10.7. The van der Waals surface area contributed by atoms with Crippen LogP contribution in [0.4, 0.5) is 0 Å². The van der Waals surface area contributed by atoms with Gasteiger partial charge in [-0.3, -0.25) is 4.79 Å². The summed E-state index contributed by atoms with van der Waals surface area (Å²) in [5.74, 6) is 1.87. The molecule has 0 spiro atoms. The van der Waals surface area contributed by atoms with Crippen LogP contribution in [0, 0.1) is 0 Å². The monoisotopic (exact) mass is 629 g/mol. The minimum absolute atomic E-state index is 0.102. The lowest BCUT2D eigenvalue weighted by molar-refractivity contribution is 0.0745. The van der Waals surface area contributed by atoms with Crippen molar-refractivity contribution in [1.82, 2.24) is 4.90 Å². The summed E-state index contributed by atoms with van der Waals surface area (Å²) in [6, 6.07) is 29.8. The van der Waals surface area contributed by atoms with Crippen LogP contribution in [0.1, 0.15) is 70.8 Å². The fourth-order valence-corrected chi connectivity index (χ4v) is 6.07. The second kappa shape index (κ2) is 15.7. The molecule has 0 unspecified atom stereocenters. The van der Waals surface area contributed by atoms with Gasteiger partial charge in [-0.2, -0.15) is 0 Å². The third kappa shape index (κ3) is 8.32.